The van der Waals surface area contributed by atoms with Crippen LogP contribution in [0.3, 0.4) is 0 Å². The summed E-state index contributed by atoms with van der Waals surface area (Å²) < 4.78 is 10.9. The number of non-ortho nitro benzene ring substituents is 1. The Morgan fingerprint density at radius 2 is 2.07 bits per heavy atom. The molecule has 1 aliphatic rings. The highest BCUT2D eigenvalue weighted by Gasteiger charge is 2.26. The van der Waals surface area contributed by atoms with Gasteiger partial charge in [0, 0.05) is 41.9 Å². The molecule has 1 aliphatic heterocycles. The summed E-state index contributed by atoms with van der Waals surface area (Å²) in [5, 5.41) is 11.7. The van der Waals surface area contributed by atoms with Gasteiger partial charge in [0.1, 0.15) is 11.3 Å². The van der Waals surface area contributed by atoms with Crippen LogP contribution in [-0.2, 0) is 17.6 Å². The molecule has 0 bridgehead atoms. The largest absolute Gasteiger partial charge is 0.484 e. The third-order valence-electron chi connectivity index (χ3n) is 5.02. The van der Waals surface area contributed by atoms with Gasteiger partial charge in [-0.05, 0) is 42.2 Å². The van der Waals surface area contributed by atoms with Crippen LogP contribution >= 0.6 is 0 Å². The van der Waals surface area contributed by atoms with Crippen LogP contribution in [0.15, 0.2) is 51.7 Å². The topological polar surface area (TPSA) is 103 Å². The van der Waals surface area contributed by atoms with Crippen LogP contribution in [0.4, 0.5) is 11.4 Å². The maximum absolute atomic E-state index is 12.6. The first kappa shape index (κ1) is 18.7. The van der Waals surface area contributed by atoms with Crippen molar-refractivity contribution in [1.82, 2.24) is 0 Å². The third kappa shape index (κ3) is 3.56. The average molecular weight is 394 g/mol. The minimum Gasteiger partial charge on any atom is -0.484 e. The Kier molecular flexibility index (Phi) is 4.75. The first-order chi connectivity index (χ1) is 14.0. The van der Waals surface area contributed by atoms with E-state index < -0.39 is 10.5 Å². The van der Waals surface area contributed by atoms with Gasteiger partial charge in [0.25, 0.3) is 11.6 Å². The van der Waals surface area contributed by atoms with Crippen LogP contribution in [-0.4, -0.2) is 24.0 Å². The summed E-state index contributed by atoms with van der Waals surface area (Å²) in [4.78, 5) is 36.3. The fourth-order valence-electron chi connectivity index (χ4n) is 3.58. The number of ether oxygens (including phenoxy) is 1. The van der Waals surface area contributed by atoms with Crippen molar-refractivity contribution in [2.75, 3.05) is 18.1 Å². The summed E-state index contributed by atoms with van der Waals surface area (Å²) in [6, 6.07) is 11.1. The zero-order valence-corrected chi connectivity index (χ0v) is 15.7. The van der Waals surface area contributed by atoms with Crippen molar-refractivity contribution >= 4 is 28.3 Å². The Labute approximate surface area is 165 Å². The van der Waals surface area contributed by atoms with Crippen molar-refractivity contribution in [2.24, 2.45) is 0 Å². The lowest BCUT2D eigenvalue weighted by Crippen LogP contribution is -2.33. The number of hydrogen-bond acceptors (Lipinski definition) is 6. The van der Waals surface area contributed by atoms with E-state index in [1.54, 1.807) is 29.2 Å². The number of fused-ring (bicyclic) bond motifs is 2. The molecule has 3 aromatic rings. The fourth-order valence-corrected chi connectivity index (χ4v) is 3.58. The Balaban J connectivity index is 1.50. The maximum Gasteiger partial charge on any atom is 0.336 e. The maximum atomic E-state index is 12.6. The molecule has 8 heteroatoms. The quantitative estimate of drug-likeness (QED) is 0.374. The Hall–Kier alpha value is -3.68. The molecule has 0 aliphatic carbocycles. The second kappa shape index (κ2) is 7.38. The average Bonchev–Trinajstić information content (AvgIpc) is 3.14. The molecule has 148 valence electrons. The highest BCUT2D eigenvalue weighted by molar-refractivity contribution is 5.96. The van der Waals surface area contributed by atoms with Gasteiger partial charge in [-0.25, -0.2) is 4.79 Å². The normalized spacial score (nSPS) is 12.8. The molecule has 0 N–H and O–H groups in total. The molecule has 0 radical (unpaired) electrons. The molecule has 0 atom stereocenters. The number of nitrogens with zero attached hydrogens (tertiary/aromatic N) is 2. The van der Waals surface area contributed by atoms with Crippen LogP contribution in [0.1, 0.15) is 18.1 Å². The van der Waals surface area contributed by atoms with E-state index in [9.17, 15) is 19.7 Å². The van der Waals surface area contributed by atoms with Crippen molar-refractivity contribution in [3.05, 3.63) is 74.1 Å². The summed E-state index contributed by atoms with van der Waals surface area (Å²) in [6.07, 6.45) is 1.26. The minimum absolute atomic E-state index is 0.0124. The predicted molar refractivity (Wildman–Crippen MR) is 107 cm³/mol. The van der Waals surface area contributed by atoms with E-state index in [4.69, 9.17) is 9.15 Å². The van der Waals surface area contributed by atoms with E-state index in [2.05, 4.69) is 0 Å². The van der Waals surface area contributed by atoms with E-state index in [0.29, 0.717) is 36.4 Å². The van der Waals surface area contributed by atoms with Gasteiger partial charge >= 0.3 is 5.63 Å². The zero-order chi connectivity index (χ0) is 20.5. The zero-order valence-electron chi connectivity index (χ0n) is 15.7. The molecule has 1 aromatic heterocycles. The van der Waals surface area contributed by atoms with E-state index in [-0.39, 0.29) is 18.2 Å². The van der Waals surface area contributed by atoms with Gasteiger partial charge in [0.05, 0.1) is 4.92 Å². The SMILES string of the molecule is CCc1cc(=O)oc2cc(OCC(=O)N3CCc4cc([N+](=O)[O-])ccc43)ccc12. The van der Waals surface area contributed by atoms with Crippen molar-refractivity contribution in [3.63, 3.8) is 0 Å². The Bertz CT molecular complexity index is 1180. The van der Waals surface area contributed by atoms with E-state index in [1.165, 1.54) is 18.2 Å². The first-order valence-corrected chi connectivity index (χ1v) is 9.23. The standard InChI is InChI=1S/C21H18N2O6/c1-2-13-10-21(25)29-19-11-16(4-5-17(13)19)28-12-20(24)22-8-7-14-9-15(23(26)27)3-6-18(14)22/h3-6,9-11H,2,7-8,12H2,1H3. The molecule has 1 amide bonds. The number of benzene rings is 2. The van der Waals surface area contributed by atoms with E-state index in [0.717, 1.165) is 16.5 Å². The highest BCUT2D eigenvalue weighted by Crippen LogP contribution is 2.31. The summed E-state index contributed by atoms with van der Waals surface area (Å²) in [6.45, 7) is 2.21. The number of anilines is 1. The summed E-state index contributed by atoms with van der Waals surface area (Å²) in [5.41, 5.74) is 2.33. The molecule has 4 rings (SSSR count). The molecule has 2 aromatic carbocycles. The lowest BCUT2D eigenvalue weighted by atomic mass is 10.1. The molecular weight excluding hydrogens is 376 g/mol. The summed E-state index contributed by atoms with van der Waals surface area (Å²) >= 11 is 0. The summed E-state index contributed by atoms with van der Waals surface area (Å²) in [5.74, 6) is 0.173. The lowest BCUT2D eigenvalue weighted by Gasteiger charge is -2.17. The van der Waals surface area contributed by atoms with Crippen LogP contribution in [0, 0.1) is 10.1 Å². The molecule has 0 unspecified atom stereocenters. The van der Waals surface area contributed by atoms with Crippen LogP contribution in [0.5, 0.6) is 5.75 Å². The van der Waals surface area contributed by atoms with Gasteiger partial charge in [-0.1, -0.05) is 6.92 Å². The number of nitro benzene ring substituents is 1. The van der Waals surface area contributed by atoms with Crippen LogP contribution in [0.2, 0.25) is 0 Å². The molecule has 0 spiro atoms. The molecule has 0 saturated heterocycles. The van der Waals surface area contributed by atoms with Gasteiger partial charge in [0.2, 0.25) is 0 Å². The van der Waals surface area contributed by atoms with Crippen molar-refractivity contribution in [1.29, 1.82) is 0 Å². The molecule has 2 heterocycles. The number of aryl methyl sites for hydroxylation is 1. The molecule has 0 saturated carbocycles. The van der Waals surface area contributed by atoms with Crippen molar-refractivity contribution in [2.45, 2.75) is 19.8 Å². The van der Waals surface area contributed by atoms with E-state index in [1.807, 2.05) is 6.92 Å². The Morgan fingerprint density at radius 3 is 2.83 bits per heavy atom. The Morgan fingerprint density at radius 1 is 1.24 bits per heavy atom. The number of rotatable bonds is 5. The number of carbonyl (C=O) groups excluding carboxylic acids is 1. The smallest absolute Gasteiger partial charge is 0.336 e. The van der Waals surface area contributed by atoms with Gasteiger partial charge in [-0.2, -0.15) is 0 Å². The van der Waals surface area contributed by atoms with Gasteiger partial charge in [-0.3, -0.25) is 14.9 Å². The monoisotopic (exact) mass is 394 g/mol. The molecule has 0 fully saturated rings. The molecule has 8 nitrogen and oxygen atoms in total. The van der Waals surface area contributed by atoms with Gasteiger partial charge in [0.15, 0.2) is 6.61 Å². The van der Waals surface area contributed by atoms with Crippen molar-refractivity contribution < 1.29 is 18.9 Å². The lowest BCUT2D eigenvalue weighted by molar-refractivity contribution is -0.384. The number of amides is 1. The summed E-state index contributed by atoms with van der Waals surface area (Å²) in [7, 11) is 0. The second-order valence-corrected chi connectivity index (χ2v) is 6.76. The molecular formula is C21H18N2O6. The van der Waals surface area contributed by atoms with Crippen LogP contribution < -0.4 is 15.3 Å². The number of hydrogen-bond donors (Lipinski definition) is 0. The highest BCUT2D eigenvalue weighted by atomic mass is 16.6. The van der Waals surface area contributed by atoms with Crippen molar-refractivity contribution in [3.8, 4) is 5.75 Å². The number of carbonyl (C=O) groups is 1. The molecule has 29 heavy (non-hydrogen) atoms. The number of nitro groups is 1. The predicted octanol–water partition coefficient (Wildman–Crippen LogP) is 3.23. The second-order valence-electron chi connectivity index (χ2n) is 6.76. The van der Waals surface area contributed by atoms with Crippen LogP contribution in [0.25, 0.3) is 11.0 Å². The van der Waals surface area contributed by atoms with Gasteiger partial charge in [-0.15, -0.1) is 0 Å². The van der Waals surface area contributed by atoms with E-state index >= 15 is 0 Å². The fraction of sp³-hybridized carbons (Fsp3) is 0.238. The first-order valence-electron chi connectivity index (χ1n) is 9.23. The minimum atomic E-state index is -0.448. The van der Waals surface area contributed by atoms with Gasteiger partial charge < -0.3 is 14.1 Å². The third-order valence-corrected chi connectivity index (χ3v) is 5.02.